The molecule has 1 heterocycles. The number of fused-ring (bicyclic) bond motifs is 1. The number of aryl methyl sites for hydroxylation is 1. The molecule has 0 aliphatic rings. The van der Waals surface area contributed by atoms with Crippen molar-refractivity contribution < 1.29 is 8.63 Å². The van der Waals surface area contributed by atoms with Gasteiger partial charge < -0.3 is 4.42 Å². The molecule has 88 valence electrons. The third-order valence-corrected chi connectivity index (χ3v) is 2.93. The van der Waals surface area contributed by atoms with E-state index >= 15 is 0 Å². The number of rotatable bonds is 2. The standard InChI is InChI=1S/C13H12O3S/c1-9-4-3-5-12-13(9)11(14)8-10(16-12)6-7-17(2)15/h3-8H,1-2H3/b7-6+. The van der Waals surface area contributed by atoms with Crippen LogP contribution in [0.4, 0.5) is 0 Å². The predicted molar refractivity (Wildman–Crippen MR) is 70.3 cm³/mol. The average Bonchev–Trinajstić information content (AvgIpc) is 2.26. The third-order valence-electron chi connectivity index (χ3n) is 2.41. The van der Waals surface area contributed by atoms with Crippen LogP contribution in [0.3, 0.4) is 0 Å². The first-order chi connectivity index (χ1) is 8.08. The van der Waals surface area contributed by atoms with Crippen molar-refractivity contribution in [2.75, 3.05) is 6.26 Å². The largest absolute Gasteiger partial charge is 0.456 e. The minimum Gasteiger partial charge on any atom is -0.456 e. The van der Waals surface area contributed by atoms with Gasteiger partial charge in [-0.25, -0.2) is 0 Å². The van der Waals surface area contributed by atoms with Crippen molar-refractivity contribution >= 4 is 27.8 Å². The molecule has 17 heavy (non-hydrogen) atoms. The summed E-state index contributed by atoms with van der Waals surface area (Å²) in [5, 5.41) is 2.09. The maximum absolute atomic E-state index is 11.9. The Morgan fingerprint density at radius 3 is 2.82 bits per heavy atom. The molecule has 1 atom stereocenters. The Kier molecular flexibility index (Phi) is 3.24. The van der Waals surface area contributed by atoms with E-state index in [1.54, 1.807) is 18.4 Å². The van der Waals surface area contributed by atoms with E-state index in [2.05, 4.69) is 0 Å². The van der Waals surface area contributed by atoms with Crippen molar-refractivity contribution in [2.24, 2.45) is 0 Å². The van der Waals surface area contributed by atoms with Crippen molar-refractivity contribution in [2.45, 2.75) is 6.92 Å². The molecular weight excluding hydrogens is 236 g/mol. The first-order valence-corrected chi connectivity index (χ1v) is 6.74. The summed E-state index contributed by atoms with van der Waals surface area (Å²) >= 11 is 0. The summed E-state index contributed by atoms with van der Waals surface area (Å²) in [6, 6.07) is 6.88. The van der Waals surface area contributed by atoms with Gasteiger partial charge in [-0.1, -0.05) is 12.1 Å². The molecule has 0 saturated heterocycles. The summed E-state index contributed by atoms with van der Waals surface area (Å²) in [6.07, 6.45) is 3.11. The first kappa shape index (κ1) is 11.8. The summed E-state index contributed by atoms with van der Waals surface area (Å²) in [6.45, 7) is 1.87. The van der Waals surface area contributed by atoms with Gasteiger partial charge >= 0.3 is 0 Å². The van der Waals surface area contributed by atoms with E-state index in [9.17, 15) is 9.00 Å². The fourth-order valence-corrected chi connectivity index (χ4v) is 1.97. The topological polar surface area (TPSA) is 47.3 Å². The molecule has 1 aromatic carbocycles. The summed E-state index contributed by atoms with van der Waals surface area (Å²) in [5.41, 5.74) is 1.37. The van der Waals surface area contributed by atoms with Crippen LogP contribution in [0.2, 0.25) is 0 Å². The van der Waals surface area contributed by atoms with Crippen LogP contribution in [0.1, 0.15) is 11.3 Å². The van der Waals surface area contributed by atoms with Gasteiger partial charge in [0.05, 0.1) is 5.39 Å². The Morgan fingerprint density at radius 2 is 2.12 bits per heavy atom. The van der Waals surface area contributed by atoms with E-state index < -0.39 is 10.8 Å². The zero-order chi connectivity index (χ0) is 12.4. The molecule has 0 aliphatic carbocycles. The maximum Gasteiger partial charge on any atom is 0.193 e. The molecule has 4 heteroatoms. The van der Waals surface area contributed by atoms with Gasteiger partial charge in [-0.2, -0.15) is 0 Å². The van der Waals surface area contributed by atoms with Crippen LogP contribution < -0.4 is 5.43 Å². The fourth-order valence-electron chi connectivity index (χ4n) is 1.64. The second kappa shape index (κ2) is 4.67. The van der Waals surface area contributed by atoms with Crippen LogP contribution in [0.15, 0.2) is 38.9 Å². The molecule has 0 bridgehead atoms. The maximum atomic E-state index is 11.9. The minimum atomic E-state index is -1.05. The van der Waals surface area contributed by atoms with E-state index in [-0.39, 0.29) is 5.43 Å². The highest BCUT2D eigenvalue weighted by Crippen LogP contribution is 2.16. The molecule has 2 aromatic rings. The van der Waals surface area contributed by atoms with Gasteiger partial charge in [0.2, 0.25) is 0 Å². The highest BCUT2D eigenvalue weighted by atomic mass is 32.2. The summed E-state index contributed by atoms with van der Waals surface area (Å²) in [5.74, 6) is 0.420. The van der Waals surface area contributed by atoms with E-state index in [0.717, 1.165) is 5.56 Å². The molecule has 0 amide bonds. The van der Waals surface area contributed by atoms with Crippen LogP contribution in [-0.4, -0.2) is 10.5 Å². The molecule has 2 rings (SSSR count). The van der Waals surface area contributed by atoms with Crippen LogP contribution in [0, 0.1) is 6.92 Å². The zero-order valence-electron chi connectivity index (χ0n) is 9.60. The van der Waals surface area contributed by atoms with Gasteiger partial charge in [-0.15, -0.1) is 0 Å². The fraction of sp³-hybridized carbons (Fsp3) is 0.154. The van der Waals surface area contributed by atoms with Gasteiger partial charge in [0.15, 0.2) is 5.43 Å². The SMILES string of the molecule is Cc1cccc2oc(/C=C/S(C)=O)cc(=O)c12. The van der Waals surface area contributed by atoms with Gasteiger partial charge in [-0.3, -0.25) is 9.00 Å². The van der Waals surface area contributed by atoms with Crippen LogP contribution in [0.5, 0.6) is 0 Å². The smallest absolute Gasteiger partial charge is 0.193 e. The van der Waals surface area contributed by atoms with Crippen LogP contribution >= 0.6 is 0 Å². The Balaban J connectivity index is 2.65. The molecular formula is C13H12O3S. The van der Waals surface area contributed by atoms with E-state index in [1.807, 2.05) is 19.1 Å². The Morgan fingerprint density at radius 1 is 1.35 bits per heavy atom. The Labute approximate surface area is 101 Å². The second-order valence-corrected chi connectivity index (χ2v) is 5.03. The molecule has 0 fully saturated rings. The van der Waals surface area contributed by atoms with Crippen molar-refractivity contribution in [1.29, 1.82) is 0 Å². The summed E-state index contributed by atoms with van der Waals surface area (Å²) < 4.78 is 16.5. The van der Waals surface area contributed by atoms with Gasteiger partial charge in [0.1, 0.15) is 11.3 Å². The van der Waals surface area contributed by atoms with Gasteiger partial charge in [-0.05, 0) is 24.6 Å². The highest BCUT2D eigenvalue weighted by molar-refractivity contribution is 7.87. The summed E-state index contributed by atoms with van der Waals surface area (Å²) in [7, 11) is -1.05. The van der Waals surface area contributed by atoms with Crippen molar-refractivity contribution in [3.05, 3.63) is 51.2 Å². The molecule has 0 N–H and O–H groups in total. The third kappa shape index (κ3) is 2.53. The number of hydrogen-bond donors (Lipinski definition) is 0. The van der Waals surface area contributed by atoms with Crippen molar-refractivity contribution in [3.8, 4) is 0 Å². The van der Waals surface area contributed by atoms with Crippen LogP contribution in [-0.2, 0) is 10.8 Å². The predicted octanol–water partition coefficient (Wildman–Crippen LogP) is 2.45. The minimum absolute atomic E-state index is 0.0779. The monoisotopic (exact) mass is 248 g/mol. The lowest BCUT2D eigenvalue weighted by molar-refractivity contribution is 0.590. The average molecular weight is 248 g/mol. The molecule has 3 nitrogen and oxygen atoms in total. The highest BCUT2D eigenvalue weighted by Gasteiger charge is 2.04. The Hall–Kier alpha value is -1.68. The van der Waals surface area contributed by atoms with Crippen molar-refractivity contribution in [3.63, 3.8) is 0 Å². The first-order valence-electron chi connectivity index (χ1n) is 5.12. The number of hydrogen-bond acceptors (Lipinski definition) is 3. The van der Waals surface area contributed by atoms with E-state index in [1.165, 1.54) is 11.5 Å². The summed E-state index contributed by atoms with van der Waals surface area (Å²) in [4.78, 5) is 11.9. The Bertz CT molecular complexity index is 668. The molecule has 0 spiro atoms. The molecule has 0 radical (unpaired) electrons. The van der Waals surface area contributed by atoms with Crippen LogP contribution in [0.25, 0.3) is 17.0 Å². The second-order valence-electron chi connectivity index (χ2n) is 3.76. The molecule has 0 aliphatic heterocycles. The lowest BCUT2D eigenvalue weighted by Crippen LogP contribution is -2.02. The lowest BCUT2D eigenvalue weighted by Gasteiger charge is -2.01. The van der Waals surface area contributed by atoms with Gasteiger partial charge in [0.25, 0.3) is 0 Å². The molecule has 1 unspecified atom stereocenters. The number of benzene rings is 1. The van der Waals surface area contributed by atoms with E-state index in [4.69, 9.17) is 4.42 Å². The molecule has 0 saturated carbocycles. The lowest BCUT2D eigenvalue weighted by atomic mass is 10.1. The normalized spacial score (nSPS) is 13.3. The van der Waals surface area contributed by atoms with Gasteiger partial charge in [0, 0.05) is 28.5 Å². The molecule has 1 aromatic heterocycles. The quantitative estimate of drug-likeness (QED) is 0.820. The van der Waals surface area contributed by atoms with Crippen molar-refractivity contribution in [1.82, 2.24) is 0 Å². The zero-order valence-corrected chi connectivity index (χ0v) is 10.4. The van der Waals surface area contributed by atoms with E-state index in [0.29, 0.717) is 16.7 Å².